The lowest BCUT2D eigenvalue weighted by Crippen LogP contribution is -2.46. The van der Waals surface area contributed by atoms with Crippen LogP contribution in [-0.2, 0) is 50.7 Å². The minimum atomic E-state index is -5.58. The number of ether oxygens (including phenoxy) is 1. The van der Waals surface area contributed by atoms with E-state index in [2.05, 4.69) is 77.8 Å². The van der Waals surface area contributed by atoms with Gasteiger partial charge in [-0.25, -0.2) is 28.6 Å². The summed E-state index contributed by atoms with van der Waals surface area (Å²) in [6.45, 7) is 2.64. The van der Waals surface area contributed by atoms with Crippen LogP contribution in [0.15, 0.2) is 49.1 Å². The number of carbonyl (C=O) groups excluding carboxylic acids is 3. The summed E-state index contributed by atoms with van der Waals surface area (Å²) in [6, 6.07) is 0. The van der Waals surface area contributed by atoms with Gasteiger partial charge < -0.3 is 50.9 Å². The number of phosphoric ester groups is 3. The number of phosphoric acid groups is 3. The molecule has 7 atom stereocenters. The van der Waals surface area contributed by atoms with Crippen LogP contribution < -0.4 is 16.4 Å². The van der Waals surface area contributed by atoms with Gasteiger partial charge in [0.05, 0.1) is 19.5 Å². The van der Waals surface area contributed by atoms with E-state index < -0.39 is 84.6 Å². The van der Waals surface area contributed by atoms with Crippen molar-refractivity contribution in [3.63, 3.8) is 0 Å². The summed E-state index contributed by atoms with van der Waals surface area (Å²) in [6.07, 6.45) is 13.0. The second-order valence-corrected chi connectivity index (χ2v) is 20.6. The fourth-order valence-electron chi connectivity index (χ4n) is 5.90. The maximum atomic E-state index is 12.7. The number of carbonyl (C=O) groups is 3. The van der Waals surface area contributed by atoms with E-state index in [0.29, 0.717) is 12.2 Å². The van der Waals surface area contributed by atoms with Crippen molar-refractivity contribution in [1.29, 1.82) is 0 Å². The average molecular weight is 1000 g/mol. The Morgan fingerprint density at radius 2 is 1.62 bits per heavy atom. The lowest BCUT2D eigenvalue weighted by atomic mass is 9.87. The molecule has 0 radical (unpaired) electrons. The van der Waals surface area contributed by atoms with Crippen molar-refractivity contribution < 1.29 is 80.5 Å². The maximum absolute atomic E-state index is 12.7. The van der Waals surface area contributed by atoms with E-state index in [-0.39, 0.29) is 41.6 Å². The van der Waals surface area contributed by atoms with Gasteiger partial charge in [-0.3, -0.25) is 32.5 Å². The molecular weight excluding hydrogens is 939 g/mol. The number of rotatable bonds is 30. The zero-order chi connectivity index (χ0) is 48.3. The molecule has 0 bridgehead atoms. The smallest absolute Gasteiger partial charge is 0.386 e. The van der Waals surface area contributed by atoms with Crippen molar-refractivity contribution in [2.24, 2.45) is 5.41 Å². The normalized spacial score (nSPS) is 20.7. The Bertz CT molecular complexity index is 2100. The largest absolute Gasteiger partial charge is 0.481 e. The van der Waals surface area contributed by atoms with Gasteiger partial charge in [-0.2, -0.15) is 4.31 Å². The highest BCUT2D eigenvalue weighted by molar-refractivity contribution is 8.13. The number of hydrogen-bond donors (Lipinski definition) is 9. The number of amides is 2. The first kappa shape index (κ1) is 56.1. The molecule has 0 saturated carbocycles. The van der Waals surface area contributed by atoms with E-state index in [1.54, 1.807) is 0 Å². The molecule has 0 aliphatic carbocycles. The number of allylic oxidation sites excluding steroid dienone is 6. The molecule has 65 heavy (non-hydrogen) atoms. The predicted molar refractivity (Wildman–Crippen MR) is 237 cm³/mol. The van der Waals surface area contributed by atoms with Gasteiger partial charge in [0.1, 0.15) is 36.3 Å². The summed E-state index contributed by atoms with van der Waals surface area (Å²) in [7, 11) is -16.4. The minimum absolute atomic E-state index is 0.0311. The number of nitrogen functional groups attached to an aromatic ring is 1. The van der Waals surface area contributed by atoms with Crippen molar-refractivity contribution >= 4 is 69.1 Å². The second-order valence-electron chi connectivity index (χ2n) is 15.2. The van der Waals surface area contributed by atoms with E-state index >= 15 is 0 Å². The van der Waals surface area contributed by atoms with E-state index in [4.69, 9.17) is 19.5 Å². The van der Waals surface area contributed by atoms with E-state index in [0.717, 1.165) is 73.9 Å². The van der Waals surface area contributed by atoms with Crippen LogP contribution in [0.3, 0.4) is 0 Å². The van der Waals surface area contributed by atoms with Crippen LogP contribution in [0.5, 0.6) is 0 Å². The molecule has 28 heteroatoms. The van der Waals surface area contributed by atoms with Gasteiger partial charge in [-0.05, 0) is 38.5 Å². The van der Waals surface area contributed by atoms with E-state index in [1.807, 2.05) is 0 Å². The zero-order valence-corrected chi connectivity index (χ0v) is 39.7. The number of anilines is 1. The molecule has 3 heterocycles. The number of unbranched alkanes of at least 4 members (excludes halogenated alkanes) is 3. The van der Waals surface area contributed by atoms with Gasteiger partial charge in [0.15, 0.2) is 22.8 Å². The fraction of sp³-hybridized carbons (Fsp3) is 0.622. The lowest BCUT2D eigenvalue weighted by Gasteiger charge is -2.30. The third-order valence-electron chi connectivity index (χ3n) is 9.30. The molecule has 10 N–H and O–H groups in total. The topological polar surface area (TPSA) is 364 Å². The Labute approximate surface area is 380 Å². The van der Waals surface area contributed by atoms with Crippen LogP contribution >= 0.6 is 35.2 Å². The number of aromatic nitrogens is 4. The molecule has 366 valence electrons. The van der Waals surface area contributed by atoms with Crippen LogP contribution in [0.4, 0.5) is 5.82 Å². The number of nitrogens with one attached hydrogen (secondary N) is 2. The molecule has 1 aliphatic rings. The van der Waals surface area contributed by atoms with Crippen LogP contribution in [0.1, 0.15) is 84.8 Å². The molecule has 1 aliphatic heterocycles. The molecule has 0 spiro atoms. The molecule has 24 nitrogen and oxygen atoms in total. The van der Waals surface area contributed by atoms with E-state index in [9.17, 15) is 57.9 Å². The van der Waals surface area contributed by atoms with Crippen LogP contribution in [-0.4, -0.2) is 123 Å². The molecular formula is C37H60N7O17P3S. The number of fused-ring (bicyclic) bond motifs is 1. The fourth-order valence-corrected chi connectivity index (χ4v) is 9.45. The minimum Gasteiger partial charge on any atom is -0.386 e. The van der Waals surface area contributed by atoms with Crippen molar-refractivity contribution in [3.8, 4) is 0 Å². The number of thioether (sulfide) groups is 1. The van der Waals surface area contributed by atoms with Crippen LogP contribution in [0.2, 0.25) is 0 Å². The van der Waals surface area contributed by atoms with Crippen LogP contribution in [0.25, 0.3) is 11.2 Å². The highest BCUT2D eigenvalue weighted by atomic mass is 32.2. The highest BCUT2D eigenvalue weighted by Crippen LogP contribution is 2.61. The average Bonchev–Trinajstić information content (AvgIpc) is 3.79. The van der Waals surface area contributed by atoms with Gasteiger partial charge >= 0.3 is 23.5 Å². The Morgan fingerprint density at radius 3 is 2.31 bits per heavy atom. The predicted octanol–water partition coefficient (Wildman–Crippen LogP) is 3.47. The third-order valence-corrected chi connectivity index (χ3v) is 13.3. The number of hydrogen-bond acceptors (Lipinski definition) is 18. The van der Waals surface area contributed by atoms with E-state index in [1.165, 1.54) is 13.8 Å². The number of aliphatic hydroxyl groups excluding tert-OH is 2. The second kappa shape index (κ2) is 26.9. The summed E-state index contributed by atoms with van der Waals surface area (Å²) in [5, 5.41) is 26.6. The molecule has 2 aromatic rings. The summed E-state index contributed by atoms with van der Waals surface area (Å²) < 4.78 is 62.4. The first-order chi connectivity index (χ1) is 30.6. The van der Waals surface area contributed by atoms with Crippen molar-refractivity contribution in [2.45, 2.75) is 109 Å². The number of nitrogens with two attached hydrogens (primary N) is 1. The number of nitrogens with zero attached hydrogens (tertiary/aromatic N) is 4. The lowest BCUT2D eigenvalue weighted by molar-refractivity contribution is -0.137. The van der Waals surface area contributed by atoms with Crippen molar-refractivity contribution in [1.82, 2.24) is 30.2 Å². The van der Waals surface area contributed by atoms with Gasteiger partial charge in [-0.15, -0.1) is 0 Å². The Hall–Kier alpha value is -3.22. The van der Waals surface area contributed by atoms with Crippen LogP contribution in [0, 0.1) is 5.41 Å². The molecule has 2 aromatic heterocycles. The quantitative estimate of drug-likeness (QED) is 0.0307. The monoisotopic (exact) mass is 999 g/mol. The molecule has 2 amide bonds. The Kier molecular flexibility index (Phi) is 23.3. The first-order valence-electron chi connectivity index (χ1n) is 20.6. The summed E-state index contributed by atoms with van der Waals surface area (Å²) in [5.41, 5.74) is 4.27. The van der Waals surface area contributed by atoms with Crippen molar-refractivity contribution in [3.05, 3.63) is 49.1 Å². The van der Waals surface area contributed by atoms with Gasteiger partial charge in [-0.1, -0.05) is 75.4 Å². The summed E-state index contributed by atoms with van der Waals surface area (Å²) in [4.78, 5) is 88.2. The molecule has 2 unspecified atom stereocenters. The number of aliphatic hydroxyl groups is 2. The molecule has 1 saturated heterocycles. The van der Waals surface area contributed by atoms with Gasteiger partial charge in [0, 0.05) is 37.1 Å². The first-order valence-corrected chi connectivity index (χ1v) is 26.1. The molecule has 0 aromatic carbocycles. The van der Waals surface area contributed by atoms with Gasteiger partial charge in [0.25, 0.3) is 0 Å². The Morgan fingerprint density at radius 1 is 0.938 bits per heavy atom. The highest BCUT2D eigenvalue weighted by Gasteiger charge is 2.50. The standard InChI is InChI=1S/C37H60N7O17P3S/c1-4-5-6-7-8-9-10-11-12-13-14-15-16-17-28(46)65-21-20-39-27(45)18-19-40-35(49)32(48)37(2,3)23-58-64(55,56)61-63(53,54)57-22-26-31(60-62(50,51)52)30(47)36(59-26)44-25-43-29-33(38)41-24-42-34(29)44/h5-6,8-9,11-12,24-26,30-32,36,47-48H,4,7,10,13-23H2,1-3H3,(H,39,45)(H,40,49)(H,53,54)(H,55,56)(H2,38,41,42)(H2,50,51,52)/b6-5-,9-8-,12-11-/t26-,30-,31-,32+,36-/m1/s1. The Balaban J connectivity index is 1.34. The number of imidazole rings is 1. The maximum Gasteiger partial charge on any atom is 0.481 e. The zero-order valence-electron chi connectivity index (χ0n) is 36.2. The molecule has 3 rings (SSSR count). The third kappa shape index (κ3) is 20.3. The van der Waals surface area contributed by atoms with Gasteiger partial charge in [0.2, 0.25) is 11.8 Å². The van der Waals surface area contributed by atoms with Crippen molar-refractivity contribution in [2.75, 3.05) is 37.8 Å². The summed E-state index contributed by atoms with van der Waals surface area (Å²) >= 11 is 1.13. The molecule has 1 fully saturated rings. The summed E-state index contributed by atoms with van der Waals surface area (Å²) in [5.74, 6) is -1.06. The SMILES string of the molecule is CC/C=C\C/C=C\C/C=C\CCCCCC(=O)SCCNC(=O)CCNC(=O)[C@H](O)C(C)(C)COP(=O)(O)OP(=O)(O)OC[C@H]1O[C@@H](n2cnc3c(N)ncnc32)[C@H](O)[C@@H]1OP(=O)(O)O.